The van der Waals surface area contributed by atoms with Crippen molar-refractivity contribution in [3.8, 4) is 11.8 Å². The minimum absolute atomic E-state index is 0.0287. The third-order valence-corrected chi connectivity index (χ3v) is 4.69. The molecule has 1 aliphatic heterocycles. The zero-order valence-electron chi connectivity index (χ0n) is 15.0. The zero-order chi connectivity index (χ0) is 19.9. The Morgan fingerprint density at radius 1 is 1.18 bits per heavy atom. The molecule has 1 heterocycles. The zero-order valence-corrected chi connectivity index (χ0v) is 15.8. The van der Waals surface area contributed by atoms with E-state index in [0.29, 0.717) is 22.7 Å². The second-order valence-electron chi connectivity index (χ2n) is 5.72. The van der Waals surface area contributed by atoms with Gasteiger partial charge in [0.05, 0.1) is 24.6 Å². The Morgan fingerprint density at radius 2 is 1.89 bits per heavy atom. The molecular weight excluding hydrogens is 376 g/mol. The number of thioether (sulfide) groups is 1. The van der Waals surface area contributed by atoms with E-state index in [1.165, 1.54) is 0 Å². The molecule has 3 rings (SSSR count). The van der Waals surface area contributed by atoms with Crippen LogP contribution in [0.25, 0.3) is 0 Å². The summed E-state index contributed by atoms with van der Waals surface area (Å²) in [4.78, 5) is 32.6. The highest BCUT2D eigenvalue weighted by Gasteiger charge is 2.30. The van der Waals surface area contributed by atoms with Crippen LogP contribution < -0.4 is 10.1 Å². The molecule has 0 aromatic heterocycles. The van der Waals surface area contributed by atoms with Gasteiger partial charge >= 0.3 is 0 Å². The molecule has 140 valence electrons. The SMILES string of the molecule is COc1ccc(NC(=O)CSC2=NC(=O)C(C#N)C(c3ccccc3)=N2)cc1. The molecule has 7 nitrogen and oxygen atoms in total. The van der Waals surface area contributed by atoms with Gasteiger partial charge in [0.1, 0.15) is 5.75 Å². The van der Waals surface area contributed by atoms with Crippen molar-refractivity contribution in [2.75, 3.05) is 18.2 Å². The number of rotatable bonds is 5. The summed E-state index contributed by atoms with van der Waals surface area (Å²) >= 11 is 1.04. The third-order valence-electron chi connectivity index (χ3n) is 3.85. The highest BCUT2D eigenvalue weighted by Crippen LogP contribution is 2.21. The van der Waals surface area contributed by atoms with Crippen molar-refractivity contribution >= 4 is 40.1 Å². The fourth-order valence-corrected chi connectivity index (χ4v) is 3.14. The number of nitrogens with one attached hydrogen (secondary N) is 1. The summed E-state index contributed by atoms with van der Waals surface area (Å²) in [5.74, 6) is -1.16. The van der Waals surface area contributed by atoms with Gasteiger partial charge in [-0.15, -0.1) is 0 Å². The number of carbonyl (C=O) groups is 2. The number of amides is 2. The molecule has 2 aromatic carbocycles. The fraction of sp³-hybridized carbons (Fsp3) is 0.150. The number of hydrogen-bond donors (Lipinski definition) is 1. The molecular formula is C20H16N4O3S. The quantitative estimate of drug-likeness (QED) is 0.842. The normalized spacial score (nSPS) is 15.9. The van der Waals surface area contributed by atoms with Crippen LogP contribution in [-0.2, 0) is 9.59 Å². The summed E-state index contributed by atoms with van der Waals surface area (Å²) in [7, 11) is 1.57. The number of methoxy groups -OCH3 is 1. The van der Waals surface area contributed by atoms with Crippen LogP contribution in [0, 0.1) is 17.2 Å². The minimum Gasteiger partial charge on any atom is -0.497 e. The molecule has 0 bridgehead atoms. The van der Waals surface area contributed by atoms with Crippen LogP contribution in [0.4, 0.5) is 5.69 Å². The van der Waals surface area contributed by atoms with E-state index >= 15 is 0 Å². The van der Waals surface area contributed by atoms with Crippen molar-refractivity contribution in [3.63, 3.8) is 0 Å². The van der Waals surface area contributed by atoms with E-state index in [2.05, 4.69) is 15.3 Å². The molecule has 2 amide bonds. The fourth-order valence-electron chi connectivity index (χ4n) is 2.49. The summed E-state index contributed by atoms with van der Waals surface area (Å²) in [6.07, 6.45) is 0. The van der Waals surface area contributed by atoms with Gasteiger partial charge in [0, 0.05) is 5.69 Å². The first-order valence-electron chi connectivity index (χ1n) is 8.33. The molecule has 0 spiro atoms. The van der Waals surface area contributed by atoms with Gasteiger partial charge in [-0.05, 0) is 29.8 Å². The van der Waals surface area contributed by atoms with E-state index in [0.717, 1.165) is 11.8 Å². The van der Waals surface area contributed by atoms with Crippen LogP contribution in [0.1, 0.15) is 5.56 Å². The lowest BCUT2D eigenvalue weighted by molar-refractivity contribution is -0.118. The number of ether oxygens (including phenoxy) is 1. The number of carbonyl (C=O) groups excluding carboxylic acids is 2. The second kappa shape index (κ2) is 8.97. The van der Waals surface area contributed by atoms with Crippen LogP contribution in [0.15, 0.2) is 64.6 Å². The first kappa shape index (κ1) is 19.3. The molecule has 1 N–H and O–H groups in total. The standard InChI is InChI=1S/C20H16N4O3S/c1-27-15-9-7-14(8-10-15)22-17(25)12-28-20-23-18(13-5-3-2-4-6-13)16(11-21)19(26)24-20/h2-10,16H,12H2,1H3,(H,22,25). The summed E-state index contributed by atoms with van der Waals surface area (Å²) < 4.78 is 5.07. The Kier molecular flexibility index (Phi) is 6.19. The van der Waals surface area contributed by atoms with Crippen LogP contribution >= 0.6 is 11.8 Å². The number of aliphatic imine (C=N–C) groups is 2. The van der Waals surface area contributed by atoms with Gasteiger partial charge in [0.15, 0.2) is 11.1 Å². The van der Waals surface area contributed by atoms with Gasteiger partial charge in [-0.3, -0.25) is 9.59 Å². The Bertz CT molecular complexity index is 979. The molecule has 1 atom stereocenters. The van der Waals surface area contributed by atoms with Crippen molar-refractivity contribution in [1.29, 1.82) is 5.26 Å². The summed E-state index contributed by atoms with van der Waals surface area (Å²) in [6.45, 7) is 0. The number of amidine groups is 1. The molecule has 0 saturated heterocycles. The average molecular weight is 392 g/mol. The molecule has 0 saturated carbocycles. The van der Waals surface area contributed by atoms with Crippen molar-refractivity contribution in [2.45, 2.75) is 0 Å². The highest BCUT2D eigenvalue weighted by atomic mass is 32.2. The lowest BCUT2D eigenvalue weighted by Gasteiger charge is -2.15. The van der Waals surface area contributed by atoms with Crippen molar-refractivity contribution in [1.82, 2.24) is 0 Å². The number of benzene rings is 2. The van der Waals surface area contributed by atoms with Crippen LogP contribution in [-0.4, -0.2) is 35.6 Å². The predicted octanol–water partition coefficient (Wildman–Crippen LogP) is 2.89. The van der Waals surface area contributed by atoms with Gasteiger partial charge in [0.25, 0.3) is 5.91 Å². The summed E-state index contributed by atoms with van der Waals surface area (Å²) in [6, 6.07) is 17.9. The van der Waals surface area contributed by atoms with Gasteiger partial charge in [-0.2, -0.15) is 10.3 Å². The lowest BCUT2D eigenvalue weighted by Crippen LogP contribution is -2.28. The van der Waals surface area contributed by atoms with E-state index in [9.17, 15) is 14.9 Å². The Balaban J connectivity index is 1.67. The minimum atomic E-state index is -1.04. The molecule has 0 aliphatic carbocycles. The number of nitriles is 1. The topological polar surface area (TPSA) is 104 Å². The van der Waals surface area contributed by atoms with Crippen LogP contribution in [0.3, 0.4) is 0 Å². The largest absolute Gasteiger partial charge is 0.497 e. The molecule has 2 aromatic rings. The van der Waals surface area contributed by atoms with Crippen LogP contribution in [0.2, 0.25) is 0 Å². The van der Waals surface area contributed by atoms with E-state index in [-0.39, 0.29) is 16.8 Å². The smallest absolute Gasteiger partial charge is 0.271 e. The molecule has 0 fully saturated rings. The predicted molar refractivity (Wildman–Crippen MR) is 109 cm³/mol. The number of anilines is 1. The van der Waals surface area contributed by atoms with E-state index < -0.39 is 11.8 Å². The van der Waals surface area contributed by atoms with Gasteiger partial charge in [0.2, 0.25) is 5.91 Å². The lowest BCUT2D eigenvalue weighted by atomic mass is 9.96. The van der Waals surface area contributed by atoms with Crippen LogP contribution in [0.5, 0.6) is 5.75 Å². The maximum absolute atomic E-state index is 12.2. The molecule has 0 radical (unpaired) electrons. The Hall–Kier alpha value is -3.44. The number of hydrogen-bond acceptors (Lipinski definition) is 6. The first-order valence-corrected chi connectivity index (χ1v) is 9.32. The monoisotopic (exact) mass is 392 g/mol. The summed E-state index contributed by atoms with van der Waals surface area (Å²) in [5, 5.41) is 12.2. The van der Waals surface area contributed by atoms with Gasteiger partial charge < -0.3 is 10.1 Å². The average Bonchev–Trinajstić information content (AvgIpc) is 2.73. The summed E-state index contributed by atoms with van der Waals surface area (Å²) in [5.41, 5.74) is 1.66. The second-order valence-corrected chi connectivity index (χ2v) is 6.67. The van der Waals surface area contributed by atoms with E-state index in [1.807, 2.05) is 12.1 Å². The molecule has 8 heteroatoms. The van der Waals surface area contributed by atoms with Crippen molar-refractivity contribution < 1.29 is 14.3 Å². The van der Waals surface area contributed by atoms with E-state index in [4.69, 9.17) is 4.74 Å². The molecule has 28 heavy (non-hydrogen) atoms. The molecule has 1 unspecified atom stereocenters. The van der Waals surface area contributed by atoms with E-state index in [1.54, 1.807) is 55.6 Å². The highest BCUT2D eigenvalue weighted by molar-refractivity contribution is 8.14. The molecule has 1 aliphatic rings. The Morgan fingerprint density at radius 3 is 2.54 bits per heavy atom. The number of nitrogens with zero attached hydrogens (tertiary/aromatic N) is 3. The third kappa shape index (κ3) is 4.64. The first-order chi connectivity index (χ1) is 13.6. The van der Waals surface area contributed by atoms with Gasteiger partial charge in [-0.1, -0.05) is 42.1 Å². The van der Waals surface area contributed by atoms with Crippen molar-refractivity contribution in [3.05, 3.63) is 60.2 Å². The van der Waals surface area contributed by atoms with Gasteiger partial charge in [-0.25, -0.2) is 4.99 Å². The van der Waals surface area contributed by atoms with Crippen molar-refractivity contribution in [2.24, 2.45) is 15.9 Å². The Labute approximate surface area is 166 Å². The maximum atomic E-state index is 12.2. The maximum Gasteiger partial charge on any atom is 0.271 e.